The van der Waals surface area contributed by atoms with Crippen LogP contribution in [0.1, 0.15) is 27.8 Å². The number of nitrogens with zero attached hydrogens (tertiary/aromatic N) is 1. The van der Waals surface area contributed by atoms with E-state index in [2.05, 4.69) is 10.3 Å². The summed E-state index contributed by atoms with van der Waals surface area (Å²) in [4.78, 5) is 36.3. The lowest BCUT2D eigenvalue weighted by Gasteiger charge is -1.95. The van der Waals surface area contributed by atoms with E-state index in [0.29, 0.717) is 21.7 Å². The smallest absolute Gasteiger partial charge is 0.337 e. The zero-order valence-electron chi connectivity index (χ0n) is 10.7. The highest BCUT2D eigenvalue weighted by atomic mass is 32.1. The molecule has 2 heterocycles. The van der Waals surface area contributed by atoms with Crippen LogP contribution in [0, 0.1) is 0 Å². The zero-order chi connectivity index (χ0) is 15.1. The number of aromatic carboxylic acids is 1. The molecule has 0 bridgehead atoms. The van der Waals surface area contributed by atoms with E-state index in [1.54, 1.807) is 12.4 Å². The van der Waals surface area contributed by atoms with Crippen LogP contribution < -0.4 is 5.32 Å². The van der Waals surface area contributed by atoms with Crippen molar-refractivity contribution in [2.45, 2.75) is 6.92 Å². The maximum absolute atomic E-state index is 10.9. The summed E-state index contributed by atoms with van der Waals surface area (Å²) in [6.07, 6.45) is 0.636. The minimum Gasteiger partial charge on any atom is -0.478 e. The maximum Gasteiger partial charge on any atom is 0.337 e. The third-order valence-electron chi connectivity index (χ3n) is 2.16. The van der Waals surface area contributed by atoms with Crippen molar-refractivity contribution in [2.24, 2.45) is 0 Å². The Balaban J connectivity index is 0.000000347. The van der Waals surface area contributed by atoms with Gasteiger partial charge in [0.05, 0.1) is 20.8 Å². The van der Waals surface area contributed by atoms with E-state index in [4.69, 9.17) is 5.11 Å². The summed E-state index contributed by atoms with van der Waals surface area (Å²) >= 11 is 2.56. The van der Waals surface area contributed by atoms with Crippen LogP contribution >= 0.6 is 22.7 Å². The lowest BCUT2D eigenvalue weighted by Crippen LogP contribution is -2.11. The fourth-order valence-electron chi connectivity index (χ4n) is 1.16. The van der Waals surface area contributed by atoms with Crippen molar-refractivity contribution < 1.29 is 19.5 Å². The predicted molar refractivity (Wildman–Crippen MR) is 77.5 cm³/mol. The van der Waals surface area contributed by atoms with Gasteiger partial charge in [-0.15, -0.1) is 22.7 Å². The summed E-state index contributed by atoms with van der Waals surface area (Å²) < 4.78 is 0. The third-order valence-corrected chi connectivity index (χ3v) is 4.08. The Kier molecular flexibility index (Phi) is 6.01. The Labute approximate surface area is 123 Å². The van der Waals surface area contributed by atoms with E-state index in [1.807, 2.05) is 0 Å². The van der Waals surface area contributed by atoms with Gasteiger partial charge in [0.2, 0.25) is 5.91 Å². The number of carboxylic acid groups (broad SMARTS) is 1. The molecule has 0 unspecified atom stereocenters. The first-order chi connectivity index (χ1) is 9.51. The van der Waals surface area contributed by atoms with Crippen molar-refractivity contribution in [3.8, 4) is 9.75 Å². The van der Waals surface area contributed by atoms with Crippen LogP contribution in [-0.2, 0) is 4.79 Å². The van der Waals surface area contributed by atoms with Gasteiger partial charge in [-0.1, -0.05) is 0 Å². The fraction of sp³-hybridized carbons (Fsp3) is 0.167. The number of amides is 1. The number of carbonyl (C=O) groups is 3. The Hall–Kier alpha value is -2.06. The minimum absolute atomic E-state index is 0.00463. The van der Waals surface area contributed by atoms with E-state index in [-0.39, 0.29) is 11.5 Å². The van der Waals surface area contributed by atoms with Crippen molar-refractivity contribution in [3.63, 3.8) is 0 Å². The lowest BCUT2D eigenvalue weighted by molar-refractivity contribution is -0.118. The molecule has 2 rings (SSSR count). The van der Waals surface area contributed by atoms with Gasteiger partial charge in [0.15, 0.2) is 6.29 Å². The number of thiophene rings is 1. The molecule has 0 saturated heterocycles. The normalized spacial score (nSPS) is 9.30. The molecule has 0 fully saturated rings. The van der Waals surface area contributed by atoms with Gasteiger partial charge in [-0.25, -0.2) is 9.78 Å². The third kappa shape index (κ3) is 3.97. The number of aldehydes is 1. The first-order valence-electron chi connectivity index (χ1n) is 5.39. The van der Waals surface area contributed by atoms with Gasteiger partial charge < -0.3 is 10.4 Å². The number of carboxylic acids is 1. The van der Waals surface area contributed by atoms with E-state index in [0.717, 1.165) is 0 Å². The summed E-state index contributed by atoms with van der Waals surface area (Å²) in [5, 5.41) is 13.0. The van der Waals surface area contributed by atoms with Crippen LogP contribution in [0.5, 0.6) is 0 Å². The highest BCUT2D eigenvalue weighted by Crippen LogP contribution is 2.34. The SMILES string of the molecule is CNC(C)=O.O=Cc1ncsc1-c1sccc1C(=O)O. The largest absolute Gasteiger partial charge is 0.478 e. The average molecular weight is 312 g/mol. The molecule has 0 aromatic carbocycles. The summed E-state index contributed by atoms with van der Waals surface area (Å²) in [6, 6.07) is 1.52. The van der Waals surface area contributed by atoms with Crippen LogP contribution in [0.25, 0.3) is 9.75 Å². The van der Waals surface area contributed by atoms with E-state index in [1.165, 1.54) is 41.2 Å². The quantitative estimate of drug-likeness (QED) is 0.846. The second-order valence-electron chi connectivity index (χ2n) is 3.46. The van der Waals surface area contributed by atoms with Crippen molar-refractivity contribution in [3.05, 3.63) is 28.2 Å². The number of hydrogen-bond donors (Lipinski definition) is 2. The summed E-state index contributed by atoms with van der Waals surface area (Å²) in [5.74, 6) is -0.985. The van der Waals surface area contributed by atoms with Gasteiger partial charge in [0, 0.05) is 14.0 Å². The summed E-state index contributed by atoms with van der Waals surface area (Å²) in [5.41, 5.74) is 2.04. The van der Waals surface area contributed by atoms with Gasteiger partial charge in [-0.05, 0) is 11.4 Å². The number of rotatable bonds is 3. The molecule has 0 atom stereocenters. The number of carbonyl (C=O) groups excluding carboxylic acids is 2. The van der Waals surface area contributed by atoms with Crippen molar-refractivity contribution >= 4 is 40.8 Å². The Morgan fingerprint density at radius 1 is 1.35 bits per heavy atom. The standard InChI is InChI=1S/C9H5NO3S2.C3H7NO/c11-3-6-8(15-4-10-6)7-5(9(12)13)1-2-14-7;1-3(5)4-2/h1-4H,(H,12,13);1-2H3,(H,4,5). The van der Waals surface area contributed by atoms with Crippen LogP contribution in [-0.4, -0.2) is 35.3 Å². The highest BCUT2D eigenvalue weighted by molar-refractivity contribution is 7.20. The molecular weight excluding hydrogens is 300 g/mol. The number of aromatic nitrogens is 1. The zero-order valence-corrected chi connectivity index (χ0v) is 12.4. The monoisotopic (exact) mass is 312 g/mol. The fourth-order valence-corrected chi connectivity index (χ4v) is 3.00. The highest BCUT2D eigenvalue weighted by Gasteiger charge is 2.17. The number of nitrogens with one attached hydrogen (secondary N) is 1. The summed E-state index contributed by atoms with van der Waals surface area (Å²) in [7, 11) is 1.60. The first kappa shape index (κ1) is 16.0. The Bertz CT molecular complexity index is 619. The van der Waals surface area contributed by atoms with Crippen molar-refractivity contribution in [2.75, 3.05) is 7.05 Å². The topological polar surface area (TPSA) is 96.4 Å². The van der Waals surface area contributed by atoms with Gasteiger partial charge in [0.1, 0.15) is 5.69 Å². The molecule has 0 radical (unpaired) electrons. The first-order valence-corrected chi connectivity index (χ1v) is 7.15. The van der Waals surface area contributed by atoms with Crippen LogP contribution in [0.3, 0.4) is 0 Å². The molecule has 2 aromatic rings. The van der Waals surface area contributed by atoms with Gasteiger partial charge >= 0.3 is 5.97 Å². The molecule has 1 amide bonds. The molecule has 0 aliphatic carbocycles. The maximum atomic E-state index is 10.9. The van der Waals surface area contributed by atoms with Gasteiger partial charge in [-0.3, -0.25) is 9.59 Å². The van der Waals surface area contributed by atoms with E-state index >= 15 is 0 Å². The van der Waals surface area contributed by atoms with Gasteiger partial charge in [0.25, 0.3) is 0 Å². The molecule has 0 aliphatic heterocycles. The molecule has 106 valence electrons. The predicted octanol–water partition coefficient (Wildman–Crippen LogP) is 2.13. The molecule has 2 aromatic heterocycles. The molecule has 6 nitrogen and oxygen atoms in total. The minimum atomic E-state index is -0.989. The van der Waals surface area contributed by atoms with E-state index in [9.17, 15) is 14.4 Å². The molecule has 0 spiro atoms. The molecule has 20 heavy (non-hydrogen) atoms. The molecule has 0 saturated carbocycles. The number of hydrogen-bond acceptors (Lipinski definition) is 6. The average Bonchev–Trinajstić information content (AvgIpc) is 3.06. The van der Waals surface area contributed by atoms with Crippen LogP contribution in [0.15, 0.2) is 17.0 Å². The molecule has 2 N–H and O–H groups in total. The van der Waals surface area contributed by atoms with Crippen molar-refractivity contribution in [1.29, 1.82) is 0 Å². The molecule has 8 heteroatoms. The Morgan fingerprint density at radius 3 is 2.50 bits per heavy atom. The van der Waals surface area contributed by atoms with Gasteiger partial charge in [-0.2, -0.15) is 0 Å². The van der Waals surface area contributed by atoms with Crippen LogP contribution in [0.2, 0.25) is 0 Å². The van der Waals surface area contributed by atoms with Crippen molar-refractivity contribution in [1.82, 2.24) is 10.3 Å². The lowest BCUT2D eigenvalue weighted by atomic mass is 10.2. The second kappa shape index (κ2) is 7.51. The molecule has 0 aliphatic rings. The number of thiazole rings is 1. The molecular formula is C12H12N2O4S2. The summed E-state index contributed by atoms with van der Waals surface area (Å²) in [6.45, 7) is 1.47. The Morgan fingerprint density at radius 2 is 2.00 bits per heavy atom. The van der Waals surface area contributed by atoms with Crippen LogP contribution in [0.4, 0.5) is 0 Å². The van der Waals surface area contributed by atoms with E-state index < -0.39 is 5.97 Å². The second-order valence-corrected chi connectivity index (χ2v) is 5.23.